The van der Waals surface area contributed by atoms with Crippen LogP contribution in [0.15, 0.2) is 36.4 Å². The number of benzene rings is 2. The van der Waals surface area contributed by atoms with Gasteiger partial charge in [-0.05, 0) is 29.8 Å². The average molecular weight is 270 g/mol. The molecule has 2 rings (SSSR count). The van der Waals surface area contributed by atoms with Crippen molar-refractivity contribution in [1.82, 2.24) is 0 Å². The SMILES string of the molecule is Nc1cc(COc2cccc(F)c2F)ccc1Cl. The number of rotatable bonds is 3. The van der Waals surface area contributed by atoms with E-state index in [-0.39, 0.29) is 12.4 Å². The van der Waals surface area contributed by atoms with Gasteiger partial charge >= 0.3 is 0 Å². The standard InChI is InChI=1S/C13H10ClF2NO/c14-9-5-4-8(6-11(9)17)7-18-12-3-1-2-10(15)13(12)16/h1-6H,7,17H2. The number of nitrogen functional groups attached to an aromatic ring is 1. The van der Waals surface area contributed by atoms with Gasteiger partial charge in [-0.2, -0.15) is 4.39 Å². The number of ether oxygens (including phenoxy) is 1. The Bertz CT molecular complexity index is 575. The van der Waals surface area contributed by atoms with Gasteiger partial charge in [-0.3, -0.25) is 0 Å². The first kappa shape index (κ1) is 12.6. The summed E-state index contributed by atoms with van der Waals surface area (Å²) in [6, 6.07) is 8.72. The number of hydrogen-bond donors (Lipinski definition) is 1. The molecule has 0 fully saturated rings. The first-order valence-electron chi connectivity index (χ1n) is 5.18. The topological polar surface area (TPSA) is 35.2 Å². The molecule has 94 valence electrons. The molecule has 0 radical (unpaired) electrons. The molecule has 0 aromatic heterocycles. The number of anilines is 1. The average Bonchev–Trinajstić information content (AvgIpc) is 2.35. The number of hydrogen-bond acceptors (Lipinski definition) is 2. The summed E-state index contributed by atoms with van der Waals surface area (Å²) in [6.07, 6.45) is 0. The normalized spacial score (nSPS) is 10.4. The molecule has 0 saturated carbocycles. The van der Waals surface area contributed by atoms with Crippen molar-refractivity contribution in [3.05, 3.63) is 58.6 Å². The maximum Gasteiger partial charge on any atom is 0.200 e. The lowest BCUT2D eigenvalue weighted by Crippen LogP contribution is -1.99. The fourth-order valence-corrected chi connectivity index (χ4v) is 1.56. The lowest BCUT2D eigenvalue weighted by atomic mass is 10.2. The molecule has 0 aliphatic carbocycles. The predicted molar refractivity (Wildman–Crippen MR) is 66.6 cm³/mol. The zero-order valence-electron chi connectivity index (χ0n) is 9.29. The van der Waals surface area contributed by atoms with E-state index in [1.165, 1.54) is 12.1 Å². The lowest BCUT2D eigenvalue weighted by molar-refractivity contribution is 0.284. The maximum atomic E-state index is 13.3. The third kappa shape index (κ3) is 2.71. The van der Waals surface area contributed by atoms with Crippen molar-refractivity contribution in [1.29, 1.82) is 0 Å². The molecule has 2 nitrogen and oxygen atoms in total. The smallest absolute Gasteiger partial charge is 0.200 e. The van der Waals surface area contributed by atoms with Crippen molar-refractivity contribution in [2.45, 2.75) is 6.61 Å². The van der Waals surface area contributed by atoms with Gasteiger partial charge in [0, 0.05) is 0 Å². The second-order valence-electron chi connectivity index (χ2n) is 3.70. The van der Waals surface area contributed by atoms with Crippen molar-refractivity contribution in [2.75, 3.05) is 5.73 Å². The van der Waals surface area contributed by atoms with Gasteiger partial charge in [0.05, 0.1) is 10.7 Å². The minimum absolute atomic E-state index is 0.0851. The summed E-state index contributed by atoms with van der Waals surface area (Å²) in [5, 5.41) is 0.440. The van der Waals surface area contributed by atoms with Gasteiger partial charge in [-0.1, -0.05) is 23.7 Å². The molecule has 0 unspecified atom stereocenters. The van der Waals surface area contributed by atoms with Crippen LogP contribution in [-0.4, -0.2) is 0 Å². The van der Waals surface area contributed by atoms with Crippen molar-refractivity contribution in [3.63, 3.8) is 0 Å². The van der Waals surface area contributed by atoms with Gasteiger partial charge in [0.2, 0.25) is 5.82 Å². The summed E-state index contributed by atoms with van der Waals surface area (Å²) in [7, 11) is 0. The fourth-order valence-electron chi connectivity index (χ4n) is 1.44. The third-order valence-corrected chi connectivity index (χ3v) is 2.72. The van der Waals surface area contributed by atoms with Crippen LogP contribution in [0.3, 0.4) is 0 Å². The molecule has 0 bridgehead atoms. The molecule has 2 aromatic rings. The van der Waals surface area contributed by atoms with Crippen LogP contribution in [-0.2, 0) is 6.61 Å². The highest BCUT2D eigenvalue weighted by Crippen LogP contribution is 2.23. The van der Waals surface area contributed by atoms with Crippen molar-refractivity contribution < 1.29 is 13.5 Å². The lowest BCUT2D eigenvalue weighted by Gasteiger charge is -2.08. The Labute approximate surface area is 108 Å². The van der Waals surface area contributed by atoms with Crippen LogP contribution in [0, 0.1) is 11.6 Å². The summed E-state index contributed by atoms with van der Waals surface area (Å²) in [5.74, 6) is -2.08. The molecule has 0 spiro atoms. The van der Waals surface area contributed by atoms with E-state index in [9.17, 15) is 8.78 Å². The van der Waals surface area contributed by atoms with Crippen LogP contribution >= 0.6 is 11.6 Å². The largest absolute Gasteiger partial charge is 0.486 e. The molecule has 0 aliphatic rings. The van der Waals surface area contributed by atoms with Crippen LogP contribution < -0.4 is 10.5 Å². The molecule has 2 N–H and O–H groups in total. The Kier molecular flexibility index (Phi) is 3.67. The zero-order valence-corrected chi connectivity index (χ0v) is 10.0. The Morgan fingerprint density at radius 1 is 1.17 bits per heavy atom. The predicted octanol–water partition coefficient (Wildman–Crippen LogP) is 3.78. The van der Waals surface area contributed by atoms with E-state index < -0.39 is 11.6 Å². The Morgan fingerprint density at radius 3 is 2.67 bits per heavy atom. The third-order valence-electron chi connectivity index (χ3n) is 2.37. The first-order chi connectivity index (χ1) is 8.58. The van der Waals surface area contributed by atoms with Crippen molar-refractivity contribution in [2.24, 2.45) is 0 Å². The molecule has 2 aromatic carbocycles. The van der Waals surface area contributed by atoms with Crippen LogP contribution in [0.2, 0.25) is 5.02 Å². The summed E-state index contributed by atoms with van der Waals surface area (Å²) in [4.78, 5) is 0. The minimum atomic E-state index is -1.00. The minimum Gasteiger partial charge on any atom is -0.486 e. The molecule has 0 heterocycles. The van der Waals surface area contributed by atoms with Gasteiger partial charge in [0.15, 0.2) is 11.6 Å². The molecule has 0 aliphatic heterocycles. The molecule has 0 saturated heterocycles. The van der Waals surface area contributed by atoms with Gasteiger partial charge < -0.3 is 10.5 Å². The van der Waals surface area contributed by atoms with E-state index in [1.807, 2.05) is 0 Å². The van der Waals surface area contributed by atoms with Gasteiger partial charge in [0.1, 0.15) is 6.61 Å². The summed E-state index contributed by atoms with van der Waals surface area (Å²) in [5.41, 5.74) is 6.76. The molecule has 0 amide bonds. The second kappa shape index (κ2) is 5.23. The molecule has 5 heteroatoms. The molecule has 0 atom stereocenters. The second-order valence-corrected chi connectivity index (χ2v) is 4.10. The number of nitrogens with two attached hydrogens (primary N) is 1. The van der Waals surface area contributed by atoms with E-state index in [4.69, 9.17) is 22.1 Å². The Balaban J connectivity index is 2.11. The Hall–Kier alpha value is -1.81. The van der Waals surface area contributed by atoms with E-state index in [2.05, 4.69) is 0 Å². The fraction of sp³-hybridized carbons (Fsp3) is 0.0769. The van der Waals surface area contributed by atoms with Gasteiger partial charge in [0.25, 0.3) is 0 Å². The molecular weight excluding hydrogens is 260 g/mol. The Morgan fingerprint density at radius 2 is 1.94 bits per heavy atom. The van der Waals surface area contributed by atoms with E-state index in [0.29, 0.717) is 10.7 Å². The van der Waals surface area contributed by atoms with Crippen molar-refractivity contribution in [3.8, 4) is 5.75 Å². The maximum absolute atomic E-state index is 13.3. The van der Waals surface area contributed by atoms with E-state index in [0.717, 1.165) is 11.6 Å². The first-order valence-corrected chi connectivity index (χ1v) is 5.56. The molecule has 18 heavy (non-hydrogen) atoms. The highest BCUT2D eigenvalue weighted by molar-refractivity contribution is 6.33. The van der Waals surface area contributed by atoms with E-state index in [1.54, 1.807) is 18.2 Å². The van der Waals surface area contributed by atoms with Crippen LogP contribution in [0.1, 0.15) is 5.56 Å². The molecular formula is C13H10ClF2NO. The van der Waals surface area contributed by atoms with Crippen LogP contribution in [0.25, 0.3) is 0 Å². The quantitative estimate of drug-likeness (QED) is 0.861. The number of halogens is 3. The highest BCUT2D eigenvalue weighted by Gasteiger charge is 2.08. The summed E-state index contributed by atoms with van der Waals surface area (Å²) in [6.45, 7) is 0.0851. The monoisotopic (exact) mass is 269 g/mol. The summed E-state index contributed by atoms with van der Waals surface area (Å²) < 4.78 is 31.4. The van der Waals surface area contributed by atoms with Gasteiger partial charge in [-0.25, -0.2) is 4.39 Å². The van der Waals surface area contributed by atoms with E-state index >= 15 is 0 Å². The summed E-state index contributed by atoms with van der Waals surface area (Å²) >= 11 is 5.77. The van der Waals surface area contributed by atoms with Gasteiger partial charge in [-0.15, -0.1) is 0 Å². The van der Waals surface area contributed by atoms with Crippen LogP contribution in [0.4, 0.5) is 14.5 Å². The zero-order chi connectivity index (χ0) is 13.1. The van der Waals surface area contributed by atoms with Crippen LogP contribution in [0.5, 0.6) is 5.75 Å². The van der Waals surface area contributed by atoms with Crippen molar-refractivity contribution >= 4 is 17.3 Å². The highest BCUT2D eigenvalue weighted by atomic mass is 35.5.